The van der Waals surface area contributed by atoms with Gasteiger partial charge < -0.3 is 4.74 Å². The molecule has 1 atom stereocenters. The first kappa shape index (κ1) is 13.8. The SMILES string of the molecule is c1ccc(-n2cc3c(n2)CCCC3)c(OCC2CCNO2)c1. The number of benzene rings is 1. The van der Waals surface area contributed by atoms with Crippen molar-refractivity contribution in [1.29, 1.82) is 0 Å². The molecular formula is C17H21N3O2. The van der Waals surface area contributed by atoms with E-state index in [1.165, 1.54) is 24.1 Å². The number of para-hydroxylation sites is 2. The minimum atomic E-state index is 0.124. The minimum absolute atomic E-state index is 0.124. The van der Waals surface area contributed by atoms with Crippen molar-refractivity contribution in [3.05, 3.63) is 41.7 Å². The summed E-state index contributed by atoms with van der Waals surface area (Å²) >= 11 is 0. The molecule has 4 rings (SSSR count). The van der Waals surface area contributed by atoms with Crippen molar-refractivity contribution in [1.82, 2.24) is 15.3 Å². The molecule has 1 unspecified atom stereocenters. The van der Waals surface area contributed by atoms with E-state index < -0.39 is 0 Å². The molecule has 5 heteroatoms. The number of fused-ring (bicyclic) bond motifs is 1. The summed E-state index contributed by atoms with van der Waals surface area (Å²) in [5, 5.41) is 4.75. The average Bonchev–Trinajstić information content (AvgIpc) is 3.22. The number of hydrogen-bond acceptors (Lipinski definition) is 4. The van der Waals surface area contributed by atoms with Crippen LogP contribution < -0.4 is 10.2 Å². The van der Waals surface area contributed by atoms with E-state index in [2.05, 4.69) is 17.7 Å². The first-order valence-corrected chi connectivity index (χ1v) is 8.08. The predicted octanol–water partition coefficient (Wildman–Crippen LogP) is 2.42. The fraction of sp³-hybridized carbons (Fsp3) is 0.471. The number of ether oxygens (including phenoxy) is 1. The third-order valence-corrected chi connectivity index (χ3v) is 4.34. The highest BCUT2D eigenvalue weighted by molar-refractivity contribution is 5.46. The van der Waals surface area contributed by atoms with Gasteiger partial charge in [-0.15, -0.1) is 0 Å². The molecule has 0 radical (unpaired) electrons. The first-order chi connectivity index (χ1) is 10.9. The van der Waals surface area contributed by atoms with Crippen LogP contribution in [0, 0.1) is 0 Å². The van der Waals surface area contributed by atoms with E-state index in [-0.39, 0.29) is 6.10 Å². The molecule has 1 aliphatic heterocycles. The van der Waals surface area contributed by atoms with Gasteiger partial charge in [0.05, 0.1) is 5.69 Å². The van der Waals surface area contributed by atoms with Gasteiger partial charge in [0.2, 0.25) is 0 Å². The molecule has 5 nitrogen and oxygen atoms in total. The summed E-state index contributed by atoms with van der Waals surface area (Å²) in [6.45, 7) is 1.45. The molecule has 0 amide bonds. The Kier molecular flexibility index (Phi) is 3.83. The Balaban J connectivity index is 1.56. The molecule has 0 spiro atoms. The van der Waals surface area contributed by atoms with Crippen LogP contribution in [-0.4, -0.2) is 29.0 Å². The van der Waals surface area contributed by atoms with Gasteiger partial charge in [-0.25, -0.2) is 10.2 Å². The van der Waals surface area contributed by atoms with Crippen LogP contribution in [0.1, 0.15) is 30.5 Å². The molecule has 0 saturated carbocycles. The minimum Gasteiger partial charge on any atom is -0.489 e. The Bertz CT molecular complexity index is 624. The van der Waals surface area contributed by atoms with Crippen LogP contribution in [0.2, 0.25) is 0 Å². The molecule has 2 aliphatic rings. The molecule has 2 heterocycles. The third kappa shape index (κ3) is 2.74. The summed E-state index contributed by atoms with van der Waals surface area (Å²) in [4.78, 5) is 5.39. The van der Waals surface area contributed by atoms with Gasteiger partial charge in [-0.2, -0.15) is 5.10 Å². The van der Waals surface area contributed by atoms with Crippen LogP contribution in [0.5, 0.6) is 5.75 Å². The lowest BCUT2D eigenvalue weighted by Gasteiger charge is -2.13. The second-order valence-electron chi connectivity index (χ2n) is 5.95. The second kappa shape index (κ2) is 6.10. The molecule has 0 bridgehead atoms. The highest BCUT2D eigenvalue weighted by Gasteiger charge is 2.18. The van der Waals surface area contributed by atoms with Crippen molar-refractivity contribution in [2.24, 2.45) is 0 Å². The zero-order chi connectivity index (χ0) is 14.8. The van der Waals surface area contributed by atoms with Gasteiger partial charge in [0.1, 0.15) is 24.1 Å². The van der Waals surface area contributed by atoms with Gasteiger partial charge >= 0.3 is 0 Å². The summed E-state index contributed by atoms with van der Waals surface area (Å²) in [5.41, 5.74) is 6.51. The molecular weight excluding hydrogens is 278 g/mol. The van der Waals surface area contributed by atoms with Crippen LogP contribution >= 0.6 is 0 Å². The van der Waals surface area contributed by atoms with Gasteiger partial charge in [0.15, 0.2) is 0 Å². The van der Waals surface area contributed by atoms with Crippen molar-refractivity contribution in [2.75, 3.05) is 13.2 Å². The van der Waals surface area contributed by atoms with Gasteiger partial charge in [-0.3, -0.25) is 4.84 Å². The van der Waals surface area contributed by atoms with Crippen molar-refractivity contribution in [3.63, 3.8) is 0 Å². The number of aromatic nitrogens is 2. The van der Waals surface area contributed by atoms with Crippen molar-refractivity contribution in [3.8, 4) is 11.4 Å². The number of hydroxylamine groups is 1. The van der Waals surface area contributed by atoms with Crippen LogP contribution in [0.4, 0.5) is 0 Å². The standard InChI is InChI=1S/C17H21N3O2/c1-2-6-15-13(5-1)11-20(19-15)16-7-3-4-8-17(16)21-12-14-9-10-18-22-14/h3-4,7-8,11,14,18H,1-2,5-6,9-10,12H2. The summed E-state index contributed by atoms with van der Waals surface area (Å²) in [6.07, 6.45) is 8.01. The number of rotatable bonds is 4. The lowest BCUT2D eigenvalue weighted by Crippen LogP contribution is -2.19. The topological polar surface area (TPSA) is 48.3 Å². The highest BCUT2D eigenvalue weighted by atomic mass is 16.7. The maximum Gasteiger partial charge on any atom is 0.145 e. The largest absolute Gasteiger partial charge is 0.489 e. The first-order valence-electron chi connectivity index (χ1n) is 8.08. The molecule has 22 heavy (non-hydrogen) atoms. The number of hydrogen-bond donors (Lipinski definition) is 1. The summed E-state index contributed by atoms with van der Waals surface area (Å²) in [7, 11) is 0. The molecule has 1 fully saturated rings. The van der Waals surface area contributed by atoms with E-state index in [1.807, 2.05) is 22.9 Å². The Morgan fingerprint density at radius 1 is 1.27 bits per heavy atom. The molecule has 1 saturated heterocycles. The smallest absolute Gasteiger partial charge is 0.145 e. The lowest BCUT2D eigenvalue weighted by molar-refractivity contribution is 0.00797. The predicted molar refractivity (Wildman–Crippen MR) is 83.2 cm³/mol. The number of nitrogens with zero attached hydrogens (tertiary/aromatic N) is 2. The fourth-order valence-corrected chi connectivity index (χ4v) is 3.12. The fourth-order valence-electron chi connectivity index (χ4n) is 3.12. The van der Waals surface area contributed by atoms with Gasteiger partial charge in [0.25, 0.3) is 0 Å². The van der Waals surface area contributed by atoms with E-state index in [0.717, 1.165) is 37.2 Å². The summed E-state index contributed by atoms with van der Waals surface area (Å²) < 4.78 is 7.95. The number of aryl methyl sites for hydroxylation is 2. The average molecular weight is 299 g/mol. The number of nitrogens with one attached hydrogen (secondary N) is 1. The summed E-state index contributed by atoms with van der Waals surface area (Å²) in [6, 6.07) is 8.08. The molecule has 1 N–H and O–H groups in total. The lowest BCUT2D eigenvalue weighted by atomic mass is 9.99. The van der Waals surface area contributed by atoms with Crippen LogP contribution in [0.3, 0.4) is 0 Å². The molecule has 2 aromatic rings. The zero-order valence-electron chi connectivity index (χ0n) is 12.6. The Morgan fingerprint density at radius 2 is 2.18 bits per heavy atom. The van der Waals surface area contributed by atoms with Gasteiger partial charge in [0, 0.05) is 12.7 Å². The molecule has 1 aromatic heterocycles. The van der Waals surface area contributed by atoms with Crippen LogP contribution in [0.15, 0.2) is 30.5 Å². The monoisotopic (exact) mass is 299 g/mol. The van der Waals surface area contributed by atoms with Crippen molar-refractivity contribution in [2.45, 2.75) is 38.2 Å². The molecule has 1 aromatic carbocycles. The van der Waals surface area contributed by atoms with E-state index in [0.29, 0.717) is 6.61 Å². The quantitative estimate of drug-likeness (QED) is 0.942. The maximum absolute atomic E-state index is 5.98. The highest BCUT2D eigenvalue weighted by Crippen LogP contribution is 2.26. The van der Waals surface area contributed by atoms with E-state index in [9.17, 15) is 0 Å². The third-order valence-electron chi connectivity index (χ3n) is 4.34. The van der Waals surface area contributed by atoms with Crippen molar-refractivity contribution >= 4 is 0 Å². The van der Waals surface area contributed by atoms with Crippen LogP contribution in [0.25, 0.3) is 5.69 Å². The van der Waals surface area contributed by atoms with Crippen LogP contribution in [-0.2, 0) is 17.7 Å². The zero-order valence-corrected chi connectivity index (χ0v) is 12.6. The second-order valence-corrected chi connectivity index (χ2v) is 5.95. The van der Waals surface area contributed by atoms with E-state index >= 15 is 0 Å². The van der Waals surface area contributed by atoms with Crippen molar-refractivity contribution < 1.29 is 9.57 Å². The normalized spacial score (nSPS) is 20.8. The maximum atomic E-state index is 5.98. The molecule has 116 valence electrons. The summed E-state index contributed by atoms with van der Waals surface area (Å²) in [5.74, 6) is 0.859. The Labute approximate surface area is 130 Å². The molecule has 1 aliphatic carbocycles. The van der Waals surface area contributed by atoms with Gasteiger partial charge in [-0.05, 0) is 49.8 Å². The Hall–Kier alpha value is -1.85. The van der Waals surface area contributed by atoms with E-state index in [4.69, 9.17) is 14.7 Å². The van der Waals surface area contributed by atoms with E-state index in [1.54, 1.807) is 0 Å². The Morgan fingerprint density at radius 3 is 3.05 bits per heavy atom. The van der Waals surface area contributed by atoms with Gasteiger partial charge in [-0.1, -0.05) is 12.1 Å².